The number of benzene rings is 2. The summed E-state index contributed by atoms with van der Waals surface area (Å²) in [6.45, 7) is 4.27. The minimum absolute atomic E-state index is 0. The summed E-state index contributed by atoms with van der Waals surface area (Å²) in [7, 11) is 0. The van der Waals surface area contributed by atoms with Gasteiger partial charge in [-0.1, -0.05) is 48.4 Å². The fourth-order valence-electron chi connectivity index (χ4n) is 2.37. The molecule has 1 radical (unpaired) electrons. The molecule has 0 saturated carbocycles. The molecule has 20 heavy (non-hydrogen) atoms. The molecule has 0 amide bonds. The number of hydrogen-bond acceptors (Lipinski definition) is 0. The van der Waals surface area contributed by atoms with Gasteiger partial charge in [0, 0.05) is 0 Å². The smallest absolute Gasteiger partial charge is 1.00 e. The second-order valence-corrected chi connectivity index (χ2v) is 4.71. The van der Waals surface area contributed by atoms with E-state index in [2.05, 4.69) is 68.4 Å². The SMILES string of the molecule is Cc1ccc(-c2cccc3[cH-]c(C)cc23)cc1.[Cl-].[Cl-].[Zr+3]. The third kappa shape index (κ3) is 3.79. The number of hydrogen-bond donors (Lipinski definition) is 0. The Balaban J connectivity index is 0.00000120. The van der Waals surface area contributed by atoms with Gasteiger partial charge in [0.25, 0.3) is 0 Å². The zero-order chi connectivity index (χ0) is 11.8. The van der Waals surface area contributed by atoms with Crippen LogP contribution >= 0.6 is 0 Å². The fraction of sp³-hybridized carbons (Fsp3) is 0.118. The van der Waals surface area contributed by atoms with Crippen LogP contribution in [-0.4, -0.2) is 0 Å². The Labute approximate surface area is 151 Å². The van der Waals surface area contributed by atoms with Crippen LogP contribution in [0.4, 0.5) is 0 Å². The van der Waals surface area contributed by atoms with E-state index in [0.717, 1.165) is 0 Å². The molecule has 3 aromatic rings. The largest absolute Gasteiger partial charge is 3.00 e. The molecule has 0 aliphatic heterocycles. The van der Waals surface area contributed by atoms with Gasteiger partial charge in [-0.3, -0.25) is 0 Å². The fourth-order valence-corrected chi connectivity index (χ4v) is 2.37. The van der Waals surface area contributed by atoms with E-state index in [1.165, 1.54) is 33.0 Å². The van der Waals surface area contributed by atoms with Crippen molar-refractivity contribution in [2.24, 2.45) is 0 Å². The van der Waals surface area contributed by atoms with Gasteiger partial charge in [-0.25, -0.2) is 0 Å². The Morgan fingerprint density at radius 3 is 2.15 bits per heavy atom. The molecule has 0 nitrogen and oxygen atoms in total. The molecule has 0 aliphatic carbocycles. The Kier molecular flexibility index (Phi) is 7.88. The summed E-state index contributed by atoms with van der Waals surface area (Å²) in [6.07, 6.45) is 0. The van der Waals surface area contributed by atoms with Gasteiger partial charge in [0.2, 0.25) is 0 Å². The van der Waals surface area contributed by atoms with Gasteiger partial charge >= 0.3 is 26.2 Å². The predicted molar refractivity (Wildman–Crippen MR) is 74.5 cm³/mol. The number of aryl methyl sites for hydroxylation is 2. The quantitative estimate of drug-likeness (QED) is 0.467. The summed E-state index contributed by atoms with van der Waals surface area (Å²) in [4.78, 5) is 0. The van der Waals surface area contributed by atoms with E-state index in [0.29, 0.717) is 0 Å². The van der Waals surface area contributed by atoms with Crippen LogP contribution in [0.1, 0.15) is 11.1 Å². The molecule has 0 spiro atoms. The molecule has 3 rings (SSSR count). The summed E-state index contributed by atoms with van der Waals surface area (Å²) in [5.41, 5.74) is 5.27. The van der Waals surface area contributed by atoms with Crippen molar-refractivity contribution in [2.45, 2.75) is 13.8 Å². The molecular formula is C17H15Cl2Zr. The third-order valence-corrected chi connectivity index (χ3v) is 3.26. The average molecular weight is 381 g/mol. The first-order valence-electron chi connectivity index (χ1n) is 5.97. The standard InChI is InChI=1S/C17H15.2ClH.Zr/c1-12-6-8-14(9-7-12)16-5-3-4-15-10-13(2)11-17(15)16;;;/h3-11H,1-2H3;2*1H;/q-1;;;+3/p-2. The van der Waals surface area contributed by atoms with Gasteiger partial charge in [0.15, 0.2) is 0 Å². The molecule has 0 fully saturated rings. The van der Waals surface area contributed by atoms with Crippen LogP contribution in [0.2, 0.25) is 0 Å². The number of halogens is 2. The summed E-state index contributed by atoms with van der Waals surface area (Å²) < 4.78 is 0. The van der Waals surface area contributed by atoms with Crippen molar-refractivity contribution >= 4 is 10.8 Å². The second-order valence-electron chi connectivity index (χ2n) is 4.71. The monoisotopic (exact) mass is 379 g/mol. The molecule has 3 heteroatoms. The molecule has 0 N–H and O–H groups in total. The van der Waals surface area contributed by atoms with Crippen molar-refractivity contribution in [3.8, 4) is 11.1 Å². The van der Waals surface area contributed by atoms with E-state index in [1.807, 2.05) is 0 Å². The molecule has 0 aliphatic rings. The van der Waals surface area contributed by atoms with Crippen LogP contribution in [0, 0.1) is 13.8 Å². The first kappa shape index (κ1) is 19.5. The maximum absolute atomic E-state index is 2.27. The van der Waals surface area contributed by atoms with Gasteiger partial charge in [0.05, 0.1) is 0 Å². The first-order valence-corrected chi connectivity index (χ1v) is 5.97. The van der Waals surface area contributed by atoms with Gasteiger partial charge in [-0.15, -0.1) is 34.5 Å². The molecule has 101 valence electrons. The van der Waals surface area contributed by atoms with Crippen molar-refractivity contribution in [2.75, 3.05) is 0 Å². The third-order valence-electron chi connectivity index (χ3n) is 3.26. The van der Waals surface area contributed by atoms with Crippen molar-refractivity contribution in [3.05, 3.63) is 65.7 Å². The average Bonchev–Trinajstić information content (AvgIpc) is 2.70. The molecule has 0 unspecified atom stereocenters. The van der Waals surface area contributed by atoms with Crippen molar-refractivity contribution in [1.82, 2.24) is 0 Å². The predicted octanol–water partition coefficient (Wildman–Crippen LogP) is -1.15. The van der Waals surface area contributed by atoms with Gasteiger partial charge < -0.3 is 24.8 Å². The van der Waals surface area contributed by atoms with Gasteiger partial charge in [-0.2, -0.15) is 6.07 Å². The molecule has 3 aromatic carbocycles. The summed E-state index contributed by atoms with van der Waals surface area (Å²) >= 11 is 0. The van der Waals surface area contributed by atoms with E-state index in [-0.39, 0.29) is 51.0 Å². The second kappa shape index (κ2) is 8.08. The molecule has 0 aromatic heterocycles. The van der Waals surface area contributed by atoms with Crippen molar-refractivity contribution in [3.63, 3.8) is 0 Å². The van der Waals surface area contributed by atoms with E-state index in [9.17, 15) is 0 Å². The van der Waals surface area contributed by atoms with Crippen LogP contribution in [0.25, 0.3) is 21.9 Å². The Morgan fingerprint density at radius 1 is 0.850 bits per heavy atom. The van der Waals surface area contributed by atoms with Crippen LogP contribution in [0.5, 0.6) is 0 Å². The summed E-state index contributed by atoms with van der Waals surface area (Å²) in [6, 6.07) is 19.8. The minimum Gasteiger partial charge on any atom is -1.00 e. The van der Waals surface area contributed by atoms with Crippen LogP contribution < -0.4 is 24.8 Å². The molecule has 0 bridgehead atoms. The zero-order valence-electron chi connectivity index (χ0n) is 11.5. The molecule has 0 atom stereocenters. The molecule has 0 heterocycles. The van der Waals surface area contributed by atoms with Crippen LogP contribution in [0.3, 0.4) is 0 Å². The maximum Gasteiger partial charge on any atom is 3.00 e. The minimum atomic E-state index is 0. The summed E-state index contributed by atoms with van der Waals surface area (Å²) in [5, 5.41) is 2.69. The first-order chi connectivity index (χ1) is 8.24. The van der Waals surface area contributed by atoms with Crippen molar-refractivity contribution in [1.29, 1.82) is 0 Å². The molecular weight excluding hydrogens is 366 g/mol. The van der Waals surface area contributed by atoms with E-state index in [4.69, 9.17) is 0 Å². The Morgan fingerprint density at radius 2 is 1.50 bits per heavy atom. The Hall–Kier alpha value is -0.487. The van der Waals surface area contributed by atoms with Crippen molar-refractivity contribution < 1.29 is 51.0 Å². The Bertz CT molecular complexity index is 669. The van der Waals surface area contributed by atoms with Crippen LogP contribution in [0.15, 0.2) is 54.6 Å². The van der Waals surface area contributed by atoms with E-state index < -0.39 is 0 Å². The van der Waals surface area contributed by atoms with Gasteiger partial charge in [0.1, 0.15) is 0 Å². The van der Waals surface area contributed by atoms with E-state index in [1.54, 1.807) is 0 Å². The molecule has 0 saturated heterocycles. The van der Waals surface area contributed by atoms with E-state index >= 15 is 0 Å². The zero-order valence-corrected chi connectivity index (χ0v) is 15.4. The number of rotatable bonds is 1. The normalized spacial score (nSPS) is 9.30. The summed E-state index contributed by atoms with van der Waals surface area (Å²) in [5.74, 6) is 0. The maximum atomic E-state index is 2.27. The van der Waals surface area contributed by atoms with Gasteiger partial charge in [-0.05, 0) is 12.5 Å². The topological polar surface area (TPSA) is 0 Å². The number of fused-ring (bicyclic) bond motifs is 1. The van der Waals surface area contributed by atoms with Crippen LogP contribution in [-0.2, 0) is 26.2 Å².